The molecule has 0 unspecified atom stereocenters. The van der Waals surface area contributed by atoms with E-state index in [4.69, 9.17) is 0 Å². The zero-order chi connectivity index (χ0) is 22.8. The maximum atomic E-state index is 2.35. The minimum absolute atomic E-state index is 1.27. The van der Waals surface area contributed by atoms with Crippen molar-refractivity contribution in [3.63, 3.8) is 0 Å². The Balaban J connectivity index is 1.78. The number of rotatable bonds is 2. The highest BCUT2D eigenvalue weighted by Gasteiger charge is 2.30. The second kappa shape index (κ2) is 7.17. The molecule has 0 nitrogen and oxygen atoms in total. The van der Waals surface area contributed by atoms with Crippen LogP contribution in [0.1, 0.15) is 11.1 Å². The van der Waals surface area contributed by atoms with Gasteiger partial charge in [0.2, 0.25) is 0 Å². The van der Waals surface area contributed by atoms with Gasteiger partial charge in [-0.3, -0.25) is 0 Å². The summed E-state index contributed by atoms with van der Waals surface area (Å²) in [6, 6.07) is 40.1. The molecule has 0 heteroatoms. The third-order valence-corrected chi connectivity index (χ3v) is 7.46. The van der Waals surface area contributed by atoms with Crippen molar-refractivity contribution < 1.29 is 0 Å². The first-order valence-electron chi connectivity index (χ1n) is 12.0. The van der Waals surface area contributed by atoms with Gasteiger partial charge in [-0.15, -0.1) is 0 Å². The van der Waals surface area contributed by atoms with E-state index in [0.29, 0.717) is 0 Å². The molecule has 6 aromatic rings. The fourth-order valence-corrected chi connectivity index (χ4v) is 6.07. The molecule has 0 spiro atoms. The van der Waals surface area contributed by atoms with Crippen molar-refractivity contribution in [2.24, 2.45) is 0 Å². The van der Waals surface area contributed by atoms with Crippen molar-refractivity contribution in [1.29, 1.82) is 0 Å². The van der Waals surface area contributed by atoms with Crippen LogP contribution in [-0.4, -0.2) is 0 Å². The quantitative estimate of drug-likeness (QED) is 0.255. The monoisotopic (exact) mass is 432 g/mol. The predicted molar refractivity (Wildman–Crippen MR) is 146 cm³/mol. The average Bonchev–Trinajstić information content (AvgIpc) is 3.21. The molecule has 1 aliphatic carbocycles. The van der Waals surface area contributed by atoms with E-state index in [0.717, 1.165) is 0 Å². The van der Waals surface area contributed by atoms with Gasteiger partial charge in [-0.05, 0) is 91.0 Å². The third kappa shape index (κ3) is 2.54. The minimum atomic E-state index is 1.27. The van der Waals surface area contributed by atoms with Crippen molar-refractivity contribution in [2.45, 2.75) is 13.8 Å². The van der Waals surface area contributed by atoms with Crippen LogP contribution in [0.3, 0.4) is 0 Å². The molecule has 160 valence electrons. The maximum Gasteiger partial charge on any atom is -0.000741 e. The van der Waals surface area contributed by atoms with Crippen LogP contribution in [0, 0.1) is 13.8 Å². The molecule has 34 heavy (non-hydrogen) atoms. The van der Waals surface area contributed by atoms with Crippen LogP contribution >= 0.6 is 0 Å². The smallest absolute Gasteiger partial charge is 0.000741 e. The van der Waals surface area contributed by atoms with E-state index in [1.165, 1.54) is 77.2 Å². The van der Waals surface area contributed by atoms with Gasteiger partial charge in [-0.1, -0.05) is 109 Å². The zero-order valence-electron chi connectivity index (χ0n) is 19.4. The van der Waals surface area contributed by atoms with Gasteiger partial charge in [0.1, 0.15) is 0 Å². The SMILES string of the molecule is Cc1ccc2c3c(ccc(C)c13)-c1c-2c(-c2ccccc2)c2ccccc2c1-c1ccccc1. The third-order valence-electron chi connectivity index (χ3n) is 7.46. The molecule has 1 aliphatic rings. The number of benzene rings is 6. The maximum absolute atomic E-state index is 2.35. The largest absolute Gasteiger partial charge is 0.0622 e. The van der Waals surface area contributed by atoms with Crippen molar-refractivity contribution in [3.05, 3.63) is 120 Å². The summed E-state index contributed by atoms with van der Waals surface area (Å²) in [6.45, 7) is 4.48. The van der Waals surface area contributed by atoms with Crippen LogP contribution in [0.25, 0.3) is 66.1 Å². The molecule has 6 aromatic carbocycles. The van der Waals surface area contributed by atoms with Gasteiger partial charge in [0, 0.05) is 0 Å². The molecule has 0 fully saturated rings. The van der Waals surface area contributed by atoms with E-state index in [1.807, 2.05) is 0 Å². The summed E-state index contributed by atoms with van der Waals surface area (Å²) in [5, 5.41) is 5.42. The molecule has 0 heterocycles. The number of aryl methyl sites for hydroxylation is 2. The molecule has 0 radical (unpaired) electrons. The summed E-state index contributed by atoms with van der Waals surface area (Å²) in [5.41, 5.74) is 13.4. The average molecular weight is 433 g/mol. The summed E-state index contributed by atoms with van der Waals surface area (Å²) in [6.07, 6.45) is 0. The molecular formula is C34H24. The van der Waals surface area contributed by atoms with Crippen molar-refractivity contribution >= 4 is 21.5 Å². The van der Waals surface area contributed by atoms with Gasteiger partial charge in [0.15, 0.2) is 0 Å². The first-order valence-corrected chi connectivity index (χ1v) is 12.0. The van der Waals surface area contributed by atoms with E-state index in [9.17, 15) is 0 Å². The van der Waals surface area contributed by atoms with Gasteiger partial charge in [-0.25, -0.2) is 0 Å². The summed E-state index contributed by atoms with van der Waals surface area (Å²) in [5.74, 6) is 0. The fraction of sp³-hybridized carbons (Fsp3) is 0.0588. The first kappa shape index (κ1) is 19.3. The molecule has 0 bridgehead atoms. The normalized spacial score (nSPS) is 11.8. The summed E-state index contributed by atoms with van der Waals surface area (Å²) in [7, 11) is 0. The van der Waals surface area contributed by atoms with Crippen molar-refractivity contribution in [2.75, 3.05) is 0 Å². The van der Waals surface area contributed by atoms with Crippen LogP contribution in [0.2, 0.25) is 0 Å². The molecule has 0 aliphatic heterocycles. The Morgan fingerprint density at radius 2 is 0.765 bits per heavy atom. The Hall–Kier alpha value is -4.16. The molecule has 0 saturated carbocycles. The predicted octanol–water partition coefficient (Wildman–Crippen LogP) is 9.59. The lowest BCUT2D eigenvalue weighted by molar-refractivity contribution is 1.47. The van der Waals surface area contributed by atoms with Crippen molar-refractivity contribution in [3.8, 4) is 44.5 Å². The molecule has 7 rings (SSSR count). The first-order chi connectivity index (χ1) is 16.7. The van der Waals surface area contributed by atoms with Gasteiger partial charge in [-0.2, -0.15) is 0 Å². The summed E-state index contributed by atoms with van der Waals surface area (Å²) >= 11 is 0. The van der Waals surface area contributed by atoms with Crippen LogP contribution in [0.15, 0.2) is 109 Å². The lowest BCUT2D eigenvalue weighted by Crippen LogP contribution is -1.93. The van der Waals surface area contributed by atoms with E-state index >= 15 is 0 Å². The van der Waals surface area contributed by atoms with E-state index < -0.39 is 0 Å². The molecule has 0 saturated heterocycles. The van der Waals surface area contributed by atoms with Crippen LogP contribution in [0.4, 0.5) is 0 Å². The Morgan fingerprint density at radius 1 is 0.353 bits per heavy atom. The van der Waals surface area contributed by atoms with Crippen LogP contribution < -0.4 is 0 Å². The molecule has 0 atom stereocenters. The Morgan fingerprint density at radius 3 is 1.21 bits per heavy atom. The van der Waals surface area contributed by atoms with Gasteiger partial charge in [0.25, 0.3) is 0 Å². The lowest BCUT2D eigenvalue weighted by Gasteiger charge is -2.20. The lowest BCUT2D eigenvalue weighted by atomic mass is 9.82. The zero-order valence-corrected chi connectivity index (χ0v) is 19.4. The number of hydrogen-bond donors (Lipinski definition) is 0. The standard InChI is InChI=1S/C34H24/c1-21-17-19-27-32-28(20-18-22(2)29(21)32)34-31(24-13-7-4-8-14-24)26-16-10-9-15-25(26)30(33(27)34)23-11-5-3-6-12-23/h3-20H,1-2H3. The highest BCUT2D eigenvalue weighted by atomic mass is 14.3. The number of hydrogen-bond acceptors (Lipinski definition) is 0. The minimum Gasteiger partial charge on any atom is -0.0622 e. The highest BCUT2D eigenvalue weighted by Crippen LogP contribution is 2.58. The summed E-state index contributed by atoms with van der Waals surface area (Å²) in [4.78, 5) is 0. The molecule has 0 amide bonds. The van der Waals surface area contributed by atoms with Gasteiger partial charge >= 0.3 is 0 Å². The van der Waals surface area contributed by atoms with Crippen molar-refractivity contribution in [1.82, 2.24) is 0 Å². The van der Waals surface area contributed by atoms with Gasteiger partial charge < -0.3 is 0 Å². The second-order valence-electron chi connectivity index (χ2n) is 9.39. The molecular weight excluding hydrogens is 408 g/mol. The Labute approximate surface area is 200 Å². The fourth-order valence-electron chi connectivity index (χ4n) is 6.07. The van der Waals surface area contributed by atoms with E-state index in [-0.39, 0.29) is 0 Å². The molecule has 0 N–H and O–H groups in total. The van der Waals surface area contributed by atoms with Gasteiger partial charge in [0.05, 0.1) is 0 Å². The number of fused-ring (bicyclic) bond motifs is 4. The molecule has 0 aromatic heterocycles. The second-order valence-corrected chi connectivity index (χ2v) is 9.39. The van der Waals surface area contributed by atoms with Crippen LogP contribution in [0.5, 0.6) is 0 Å². The Bertz CT molecular complexity index is 1610. The summed E-state index contributed by atoms with van der Waals surface area (Å²) < 4.78 is 0. The topological polar surface area (TPSA) is 0 Å². The van der Waals surface area contributed by atoms with E-state index in [1.54, 1.807) is 0 Å². The highest BCUT2D eigenvalue weighted by molar-refractivity contribution is 6.28. The van der Waals surface area contributed by atoms with E-state index in [2.05, 4.69) is 123 Å². The van der Waals surface area contributed by atoms with Crippen LogP contribution in [-0.2, 0) is 0 Å². The Kier molecular flexibility index (Phi) is 4.07.